The molecule has 0 spiro atoms. The van der Waals surface area contributed by atoms with Crippen molar-refractivity contribution in [3.8, 4) is 0 Å². The van der Waals surface area contributed by atoms with Crippen molar-refractivity contribution in [2.75, 3.05) is 24.3 Å². The van der Waals surface area contributed by atoms with Crippen LogP contribution in [0.3, 0.4) is 0 Å². The Hall–Kier alpha value is -2.06. The number of carbonyl (C=O) groups excluding carboxylic acids is 2. The second-order valence-corrected chi connectivity index (χ2v) is 4.70. The predicted octanol–water partition coefficient (Wildman–Crippen LogP) is 0.304. The van der Waals surface area contributed by atoms with Crippen LogP contribution in [-0.4, -0.2) is 41.9 Å². The number of carboxylic acid groups (broad SMARTS) is 1. The number of ether oxygens (including phenoxy) is 1. The Morgan fingerprint density at radius 3 is 2.60 bits per heavy atom. The molecule has 0 heterocycles. The van der Waals surface area contributed by atoms with E-state index < -0.39 is 24.4 Å². The summed E-state index contributed by atoms with van der Waals surface area (Å²) in [5.74, 6) is -1.97. The first-order valence-corrected chi connectivity index (χ1v) is 6.57. The third-order valence-electron chi connectivity index (χ3n) is 1.99. The number of carbonyl (C=O) groups is 3. The lowest BCUT2D eigenvalue weighted by Gasteiger charge is -2.10. The van der Waals surface area contributed by atoms with E-state index in [1.807, 2.05) is 0 Å². The topological polar surface area (TPSA) is 119 Å². The van der Waals surface area contributed by atoms with E-state index in [1.165, 1.54) is 11.8 Å². The number of nitrogens with two attached hydrogens (primary N) is 1. The Labute approximate surface area is 119 Å². The molecule has 0 aliphatic heterocycles. The second-order valence-electron chi connectivity index (χ2n) is 3.69. The fourth-order valence-electron chi connectivity index (χ4n) is 1.26. The van der Waals surface area contributed by atoms with Gasteiger partial charge < -0.3 is 20.9 Å². The number of hydrogen-bond donors (Lipinski definition) is 3. The number of carboxylic acids is 1. The highest BCUT2D eigenvalue weighted by Crippen LogP contribution is 2.26. The van der Waals surface area contributed by atoms with Crippen LogP contribution >= 0.6 is 11.8 Å². The summed E-state index contributed by atoms with van der Waals surface area (Å²) >= 11 is 1.20. The number of rotatable bonds is 8. The molecule has 2 amide bonds. The Bertz CT molecular complexity index is 506. The number of primary amides is 1. The minimum Gasteiger partial charge on any atom is -0.480 e. The standard InChI is InChI=1S/C12H14N2O5S/c13-10(15)7-20-9-4-2-1-3-8(9)14-11(16)5-19-6-12(17)18/h1-4H,5-7H2,(H2,13,15)(H,14,16)(H,17,18). The zero-order valence-electron chi connectivity index (χ0n) is 10.5. The average Bonchev–Trinajstić information content (AvgIpc) is 2.37. The third-order valence-corrected chi connectivity index (χ3v) is 3.09. The molecule has 4 N–H and O–H groups in total. The van der Waals surface area contributed by atoms with Crippen LogP contribution in [0.15, 0.2) is 29.2 Å². The van der Waals surface area contributed by atoms with Crippen molar-refractivity contribution < 1.29 is 24.2 Å². The van der Waals surface area contributed by atoms with Crippen LogP contribution in [0.25, 0.3) is 0 Å². The maximum atomic E-state index is 11.6. The molecule has 0 saturated heterocycles. The highest BCUT2D eigenvalue weighted by Gasteiger charge is 2.09. The molecule has 0 fully saturated rings. The van der Waals surface area contributed by atoms with Crippen LogP contribution in [0.2, 0.25) is 0 Å². The van der Waals surface area contributed by atoms with Gasteiger partial charge in [0.2, 0.25) is 11.8 Å². The van der Waals surface area contributed by atoms with Gasteiger partial charge in [0.1, 0.15) is 13.2 Å². The largest absolute Gasteiger partial charge is 0.480 e. The molecule has 8 heteroatoms. The van der Waals surface area contributed by atoms with Gasteiger partial charge in [0.15, 0.2) is 0 Å². The summed E-state index contributed by atoms with van der Waals surface area (Å²) < 4.78 is 4.67. The Morgan fingerprint density at radius 2 is 1.95 bits per heavy atom. The normalized spacial score (nSPS) is 10.0. The van der Waals surface area contributed by atoms with Crippen molar-refractivity contribution in [2.24, 2.45) is 5.73 Å². The molecule has 0 aliphatic rings. The molecule has 1 rings (SSSR count). The van der Waals surface area contributed by atoms with Gasteiger partial charge in [-0.05, 0) is 12.1 Å². The summed E-state index contributed by atoms with van der Waals surface area (Å²) in [4.78, 5) is 33.2. The quantitative estimate of drug-likeness (QED) is 0.594. The second kappa shape index (κ2) is 8.18. The van der Waals surface area contributed by atoms with Crippen molar-refractivity contribution in [3.63, 3.8) is 0 Å². The number of benzene rings is 1. The lowest BCUT2D eigenvalue weighted by Crippen LogP contribution is -2.21. The van der Waals surface area contributed by atoms with Crippen LogP contribution < -0.4 is 11.1 Å². The number of nitrogens with one attached hydrogen (secondary N) is 1. The molecule has 0 radical (unpaired) electrons. The molecule has 0 saturated carbocycles. The van der Waals surface area contributed by atoms with E-state index in [-0.39, 0.29) is 12.4 Å². The van der Waals surface area contributed by atoms with E-state index in [4.69, 9.17) is 10.8 Å². The SMILES string of the molecule is NC(=O)CSc1ccccc1NC(=O)COCC(=O)O. The summed E-state index contributed by atoms with van der Waals surface area (Å²) in [7, 11) is 0. The first-order valence-electron chi connectivity index (χ1n) is 5.58. The van der Waals surface area contributed by atoms with Crippen molar-refractivity contribution in [3.05, 3.63) is 24.3 Å². The minimum absolute atomic E-state index is 0.0996. The van der Waals surface area contributed by atoms with Crippen molar-refractivity contribution in [1.29, 1.82) is 0 Å². The smallest absolute Gasteiger partial charge is 0.329 e. The van der Waals surface area contributed by atoms with Crippen LogP contribution in [0.4, 0.5) is 5.69 Å². The Balaban J connectivity index is 2.55. The van der Waals surface area contributed by atoms with E-state index in [0.717, 1.165) is 0 Å². The molecule has 0 bridgehead atoms. The van der Waals surface area contributed by atoms with Crippen LogP contribution in [0, 0.1) is 0 Å². The number of hydrogen-bond acceptors (Lipinski definition) is 5. The van der Waals surface area contributed by atoms with Crippen molar-refractivity contribution >= 4 is 35.2 Å². The molecule has 108 valence electrons. The molecule has 20 heavy (non-hydrogen) atoms. The van der Waals surface area contributed by atoms with Crippen molar-refractivity contribution in [1.82, 2.24) is 0 Å². The maximum Gasteiger partial charge on any atom is 0.329 e. The summed E-state index contributed by atoms with van der Waals surface area (Å²) in [6, 6.07) is 6.89. The highest BCUT2D eigenvalue weighted by atomic mass is 32.2. The van der Waals surface area contributed by atoms with Gasteiger partial charge >= 0.3 is 5.97 Å². The van der Waals surface area contributed by atoms with Crippen LogP contribution in [0.5, 0.6) is 0 Å². The van der Waals surface area contributed by atoms with E-state index in [9.17, 15) is 14.4 Å². The van der Waals surface area contributed by atoms with Crippen LogP contribution in [-0.2, 0) is 19.1 Å². The lowest BCUT2D eigenvalue weighted by atomic mass is 10.3. The number of thioether (sulfide) groups is 1. The molecule has 1 aromatic carbocycles. The van der Waals surface area contributed by atoms with Gasteiger partial charge in [-0.25, -0.2) is 4.79 Å². The monoisotopic (exact) mass is 298 g/mol. The van der Waals surface area contributed by atoms with E-state index in [0.29, 0.717) is 10.6 Å². The van der Waals surface area contributed by atoms with E-state index in [1.54, 1.807) is 24.3 Å². The molecule has 0 aromatic heterocycles. The van der Waals surface area contributed by atoms with Gasteiger partial charge in [0.25, 0.3) is 0 Å². The van der Waals surface area contributed by atoms with Gasteiger partial charge in [-0.1, -0.05) is 12.1 Å². The number of anilines is 1. The molecule has 1 aromatic rings. The third kappa shape index (κ3) is 6.21. The molecule has 0 aliphatic carbocycles. The predicted molar refractivity (Wildman–Crippen MR) is 73.4 cm³/mol. The minimum atomic E-state index is -1.14. The van der Waals surface area contributed by atoms with E-state index >= 15 is 0 Å². The Kier molecular flexibility index (Phi) is 6.54. The lowest BCUT2D eigenvalue weighted by molar-refractivity contribution is -0.143. The molecule has 0 atom stereocenters. The Morgan fingerprint density at radius 1 is 1.25 bits per heavy atom. The van der Waals surface area contributed by atoms with Gasteiger partial charge in [0.05, 0.1) is 11.4 Å². The van der Waals surface area contributed by atoms with E-state index in [2.05, 4.69) is 10.1 Å². The number of para-hydroxylation sites is 1. The number of aliphatic carboxylic acids is 1. The summed E-state index contributed by atoms with van der Waals surface area (Å²) in [6.45, 7) is -0.896. The first-order chi connectivity index (χ1) is 9.49. The average molecular weight is 298 g/mol. The zero-order valence-corrected chi connectivity index (χ0v) is 11.3. The molecule has 7 nitrogen and oxygen atoms in total. The highest BCUT2D eigenvalue weighted by molar-refractivity contribution is 8.00. The summed E-state index contributed by atoms with van der Waals surface area (Å²) in [5.41, 5.74) is 5.58. The maximum absolute atomic E-state index is 11.6. The first kappa shape index (κ1) is 16.0. The van der Waals surface area contributed by atoms with Gasteiger partial charge in [-0.3, -0.25) is 9.59 Å². The van der Waals surface area contributed by atoms with Gasteiger partial charge in [0, 0.05) is 4.90 Å². The molecular weight excluding hydrogens is 284 g/mol. The number of amides is 2. The molecule has 0 unspecified atom stereocenters. The van der Waals surface area contributed by atoms with Crippen molar-refractivity contribution in [2.45, 2.75) is 4.90 Å². The fraction of sp³-hybridized carbons (Fsp3) is 0.250. The summed E-state index contributed by atoms with van der Waals surface area (Å²) in [5, 5.41) is 11.0. The summed E-state index contributed by atoms with van der Waals surface area (Å²) in [6.07, 6.45) is 0. The van der Waals surface area contributed by atoms with Crippen LogP contribution in [0.1, 0.15) is 0 Å². The fourth-order valence-corrected chi connectivity index (χ4v) is 2.01. The zero-order chi connectivity index (χ0) is 15.0. The van der Waals surface area contributed by atoms with Gasteiger partial charge in [-0.15, -0.1) is 11.8 Å². The van der Waals surface area contributed by atoms with Gasteiger partial charge in [-0.2, -0.15) is 0 Å². The molecular formula is C12H14N2O5S.